The van der Waals surface area contributed by atoms with E-state index in [9.17, 15) is 9.59 Å². The van der Waals surface area contributed by atoms with Crippen molar-refractivity contribution in [1.82, 2.24) is 4.90 Å². The summed E-state index contributed by atoms with van der Waals surface area (Å²) in [6, 6.07) is 13.5. The molecule has 1 aliphatic rings. The zero-order valence-electron chi connectivity index (χ0n) is 20.1. The molecule has 1 heterocycles. The predicted molar refractivity (Wildman–Crippen MR) is 128 cm³/mol. The number of benzene rings is 2. The Morgan fingerprint density at radius 3 is 2.36 bits per heavy atom. The summed E-state index contributed by atoms with van der Waals surface area (Å²) in [6.45, 7) is 10.3. The molecule has 0 unspecified atom stereocenters. The van der Waals surface area contributed by atoms with Crippen LogP contribution in [-0.2, 0) is 16.1 Å². The molecule has 1 fully saturated rings. The van der Waals surface area contributed by atoms with Gasteiger partial charge in [-0.05, 0) is 62.4 Å². The molecular weight excluding hydrogens is 418 g/mol. The lowest BCUT2D eigenvalue weighted by atomic mass is 9.96. The molecule has 0 radical (unpaired) electrons. The highest BCUT2D eigenvalue weighted by atomic mass is 16.5. The molecule has 0 bridgehead atoms. The molecule has 2 aromatic rings. The van der Waals surface area contributed by atoms with Crippen molar-refractivity contribution < 1.29 is 23.8 Å². The van der Waals surface area contributed by atoms with Crippen LogP contribution in [0, 0.1) is 5.92 Å². The number of carbonyl (C=O) groups excluding carboxylic acids is 2. The average Bonchev–Trinajstić information content (AvgIpc) is 2.83. The highest BCUT2D eigenvalue weighted by Gasteiger charge is 2.29. The lowest BCUT2D eigenvalue weighted by Gasteiger charge is -2.31. The number of ether oxygens (including phenoxy) is 3. The number of piperidine rings is 1. The van der Waals surface area contributed by atoms with Crippen LogP contribution in [0.2, 0.25) is 0 Å². The van der Waals surface area contributed by atoms with Crippen molar-refractivity contribution in [2.75, 3.05) is 26.3 Å². The Labute approximate surface area is 196 Å². The van der Waals surface area contributed by atoms with E-state index in [1.54, 1.807) is 6.07 Å². The molecule has 0 aromatic heterocycles. The molecule has 0 saturated carbocycles. The maximum atomic E-state index is 13.2. The van der Waals surface area contributed by atoms with E-state index in [1.165, 1.54) is 0 Å². The molecule has 6 heteroatoms. The minimum absolute atomic E-state index is 0.0378. The number of amides is 1. The fourth-order valence-corrected chi connectivity index (χ4v) is 4.13. The first-order chi connectivity index (χ1) is 15.9. The van der Waals surface area contributed by atoms with Gasteiger partial charge in [-0.25, -0.2) is 0 Å². The van der Waals surface area contributed by atoms with Crippen molar-refractivity contribution in [2.24, 2.45) is 5.92 Å². The minimum atomic E-state index is -0.160. The minimum Gasteiger partial charge on any atom is -0.493 e. The van der Waals surface area contributed by atoms with E-state index in [4.69, 9.17) is 14.2 Å². The van der Waals surface area contributed by atoms with Gasteiger partial charge in [-0.2, -0.15) is 0 Å². The Morgan fingerprint density at radius 1 is 0.970 bits per heavy atom. The van der Waals surface area contributed by atoms with Crippen LogP contribution in [0.4, 0.5) is 0 Å². The predicted octanol–water partition coefficient (Wildman–Crippen LogP) is 5.20. The molecule has 1 aliphatic heterocycles. The van der Waals surface area contributed by atoms with Gasteiger partial charge in [0.1, 0.15) is 18.1 Å². The van der Waals surface area contributed by atoms with Crippen LogP contribution in [0.15, 0.2) is 42.5 Å². The van der Waals surface area contributed by atoms with E-state index < -0.39 is 0 Å². The average molecular weight is 454 g/mol. The summed E-state index contributed by atoms with van der Waals surface area (Å²) < 4.78 is 17.1. The van der Waals surface area contributed by atoms with Crippen molar-refractivity contribution in [2.45, 2.75) is 53.1 Å². The largest absolute Gasteiger partial charge is 0.493 e. The maximum absolute atomic E-state index is 13.2. The molecule has 0 atom stereocenters. The summed E-state index contributed by atoms with van der Waals surface area (Å²) in [4.78, 5) is 27.0. The second-order valence-corrected chi connectivity index (χ2v) is 8.56. The zero-order chi connectivity index (χ0) is 23.8. The zero-order valence-corrected chi connectivity index (χ0v) is 20.1. The topological polar surface area (TPSA) is 65.1 Å². The number of nitrogens with zero attached hydrogens (tertiary/aromatic N) is 1. The van der Waals surface area contributed by atoms with Crippen molar-refractivity contribution in [1.29, 1.82) is 0 Å². The van der Waals surface area contributed by atoms with Crippen molar-refractivity contribution >= 4 is 11.9 Å². The first kappa shape index (κ1) is 24.6. The fourth-order valence-electron chi connectivity index (χ4n) is 4.13. The van der Waals surface area contributed by atoms with Crippen molar-refractivity contribution in [3.63, 3.8) is 0 Å². The summed E-state index contributed by atoms with van der Waals surface area (Å²) in [5, 5.41) is 0. The standard InChI is InChI=1S/C27H35NO5/c1-5-31-24-12-11-21(26(29)28-15-13-20(14-16-28)27(30)32-6-2)17-22(24)18-33-25-10-8-7-9-23(25)19(3)4/h7-12,17,19-20H,5-6,13-16,18H2,1-4H3. The Kier molecular flexibility index (Phi) is 8.75. The van der Waals surface area contributed by atoms with Gasteiger partial charge < -0.3 is 19.1 Å². The van der Waals surface area contributed by atoms with Gasteiger partial charge in [0.05, 0.1) is 19.1 Å². The van der Waals surface area contributed by atoms with E-state index in [-0.39, 0.29) is 17.8 Å². The SMILES string of the molecule is CCOC(=O)C1CCN(C(=O)c2ccc(OCC)c(COc3ccccc3C(C)C)c2)CC1. The number of hydrogen-bond donors (Lipinski definition) is 0. The van der Waals surface area contributed by atoms with E-state index in [0.29, 0.717) is 57.2 Å². The quantitative estimate of drug-likeness (QED) is 0.488. The number of para-hydroxylation sites is 1. The summed E-state index contributed by atoms with van der Waals surface area (Å²) in [5.74, 6) is 1.58. The number of rotatable bonds is 9. The molecule has 2 aromatic carbocycles. The third kappa shape index (κ3) is 6.28. The lowest BCUT2D eigenvalue weighted by Crippen LogP contribution is -2.40. The van der Waals surface area contributed by atoms with E-state index in [2.05, 4.69) is 19.9 Å². The monoisotopic (exact) mass is 453 g/mol. The molecule has 3 rings (SSSR count). The van der Waals surface area contributed by atoms with Crippen molar-refractivity contribution in [3.05, 3.63) is 59.2 Å². The van der Waals surface area contributed by atoms with Crippen molar-refractivity contribution in [3.8, 4) is 11.5 Å². The first-order valence-electron chi connectivity index (χ1n) is 11.9. The van der Waals surface area contributed by atoms with Crippen LogP contribution >= 0.6 is 0 Å². The molecule has 33 heavy (non-hydrogen) atoms. The molecule has 0 spiro atoms. The molecule has 6 nitrogen and oxygen atoms in total. The highest BCUT2D eigenvalue weighted by molar-refractivity contribution is 5.94. The normalized spacial score (nSPS) is 14.3. The summed E-state index contributed by atoms with van der Waals surface area (Å²) >= 11 is 0. The maximum Gasteiger partial charge on any atom is 0.309 e. The van der Waals surface area contributed by atoms with Crippen LogP contribution in [-0.4, -0.2) is 43.1 Å². The lowest BCUT2D eigenvalue weighted by molar-refractivity contribution is -0.149. The van der Waals surface area contributed by atoms with Crippen LogP contribution < -0.4 is 9.47 Å². The molecule has 178 valence electrons. The van der Waals surface area contributed by atoms with Gasteiger partial charge in [0.25, 0.3) is 5.91 Å². The Bertz CT molecular complexity index is 947. The van der Waals surface area contributed by atoms with Crippen LogP contribution in [0.25, 0.3) is 0 Å². The first-order valence-corrected chi connectivity index (χ1v) is 11.9. The smallest absolute Gasteiger partial charge is 0.309 e. The second-order valence-electron chi connectivity index (χ2n) is 8.56. The van der Waals surface area contributed by atoms with Gasteiger partial charge in [0.2, 0.25) is 0 Å². The number of esters is 1. The number of hydrogen-bond acceptors (Lipinski definition) is 5. The third-order valence-corrected chi connectivity index (χ3v) is 5.93. The molecular formula is C27H35NO5. The Morgan fingerprint density at radius 2 is 1.70 bits per heavy atom. The number of carbonyl (C=O) groups is 2. The van der Waals surface area contributed by atoms with Crippen LogP contribution in [0.1, 0.15) is 67.9 Å². The summed E-state index contributed by atoms with van der Waals surface area (Å²) in [7, 11) is 0. The van der Waals surface area contributed by atoms with Gasteiger partial charge in [-0.15, -0.1) is 0 Å². The highest BCUT2D eigenvalue weighted by Crippen LogP contribution is 2.29. The summed E-state index contributed by atoms with van der Waals surface area (Å²) in [6.07, 6.45) is 1.26. The number of likely N-dealkylation sites (tertiary alicyclic amines) is 1. The van der Waals surface area contributed by atoms with Gasteiger partial charge in [-0.3, -0.25) is 9.59 Å². The molecule has 0 N–H and O–H groups in total. The third-order valence-electron chi connectivity index (χ3n) is 5.93. The summed E-state index contributed by atoms with van der Waals surface area (Å²) in [5.41, 5.74) is 2.58. The van der Waals surface area contributed by atoms with Crippen LogP contribution in [0.5, 0.6) is 11.5 Å². The second kappa shape index (κ2) is 11.7. The molecule has 1 amide bonds. The molecule has 0 aliphatic carbocycles. The van der Waals surface area contributed by atoms with Gasteiger partial charge in [0, 0.05) is 24.2 Å². The van der Waals surface area contributed by atoms with Crippen LogP contribution in [0.3, 0.4) is 0 Å². The van der Waals surface area contributed by atoms with E-state index in [1.807, 2.05) is 49.1 Å². The van der Waals surface area contributed by atoms with Gasteiger partial charge >= 0.3 is 5.97 Å². The van der Waals surface area contributed by atoms with E-state index in [0.717, 1.165) is 22.6 Å². The van der Waals surface area contributed by atoms with Gasteiger partial charge in [0.15, 0.2) is 0 Å². The van der Waals surface area contributed by atoms with E-state index >= 15 is 0 Å². The Balaban J connectivity index is 1.72. The Hall–Kier alpha value is -3.02. The van der Waals surface area contributed by atoms with Gasteiger partial charge in [-0.1, -0.05) is 32.0 Å². The molecule has 1 saturated heterocycles. The fraction of sp³-hybridized carbons (Fsp3) is 0.481.